The molecule has 1 aliphatic rings. The maximum absolute atomic E-state index is 14.1. The number of halogens is 2. The third kappa shape index (κ3) is 2.99. The van der Waals surface area contributed by atoms with E-state index in [-0.39, 0.29) is 5.82 Å². The van der Waals surface area contributed by atoms with Crippen LogP contribution in [0.25, 0.3) is 0 Å². The first-order chi connectivity index (χ1) is 8.22. The van der Waals surface area contributed by atoms with E-state index in [1.165, 1.54) is 0 Å². The summed E-state index contributed by atoms with van der Waals surface area (Å²) in [6, 6.07) is 3.66. The van der Waals surface area contributed by atoms with E-state index < -0.39 is 0 Å². The molecule has 94 valence electrons. The van der Waals surface area contributed by atoms with Gasteiger partial charge in [-0.25, -0.2) is 4.39 Å². The van der Waals surface area contributed by atoms with Crippen LogP contribution < -0.4 is 10.1 Å². The fraction of sp³-hybridized carbons (Fsp3) is 0.538. The molecular formula is C13H17BrFNO. The number of benzene rings is 1. The van der Waals surface area contributed by atoms with Crippen molar-refractivity contribution in [3.8, 4) is 5.75 Å². The molecule has 2 nitrogen and oxygen atoms in total. The molecule has 2 rings (SSSR count). The van der Waals surface area contributed by atoms with Crippen molar-refractivity contribution in [3.05, 3.63) is 28.0 Å². The van der Waals surface area contributed by atoms with Crippen LogP contribution in [-0.4, -0.2) is 20.2 Å². The van der Waals surface area contributed by atoms with Crippen LogP contribution in [0, 0.1) is 11.7 Å². The maximum Gasteiger partial charge on any atom is 0.144 e. The van der Waals surface area contributed by atoms with E-state index in [0.29, 0.717) is 16.1 Å². The summed E-state index contributed by atoms with van der Waals surface area (Å²) in [6.45, 7) is 2.09. The van der Waals surface area contributed by atoms with Gasteiger partial charge in [0.1, 0.15) is 11.6 Å². The maximum atomic E-state index is 14.1. The Balaban J connectivity index is 2.12. The summed E-state index contributed by atoms with van der Waals surface area (Å²) in [6.07, 6.45) is 3.07. The summed E-state index contributed by atoms with van der Waals surface area (Å²) in [5, 5.41) is 3.32. The predicted molar refractivity (Wildman–Crippen MR) is 69.9 cm³/mol. The molecule has 1 fully saturated rings. The number of ether oxygens (including phenoxy) is 1. The van der Waals surface area contributed by atoms with Gasteiger partial charge in [0.2, 0.25) is 0 Å². The number of methoxy groups -OCH3 is 1. The molecule has 0 aromatic heterocycles. The van der Waals surface area contributed by atoms with E-state index in [1.54, 1.807) is 7.11 Å². The molecule has 1 aromatic rings. The van der Waals surface area contributed by atoms with Gasteiger partial charge in [0.05, 0.1) is 11.6 Å². The molecule has 1 aliphatic heterocycles. The molecule has 17 heavy (non-hydrogen) atoms. The van der Waals surface area contributed by atoms with Crippen LogP contribution in [0.3, 0.4) is 0 Å². The Morgan fingerprint density at radius 3 is 2.76 bits per heavy atom. The lowest BCUT2D eigenvalue weighted by Gasteiger charge is -2.23. The zero-order valence-electron chi connectivity index (χ0n) is 9.93. The van der Waals surface area contributed by atoms with E-state index in [4.69, 9.17) is 4.74 Å². The molecule has 1 N–H and O–H groups in total. The molecule has 1 saturated heterocycles. The molecule has 0 atom stereocenters. The average molecular weight is 302 g/mol. The Labute approximate surface area is 110 Å². The minimum Gasteiger partial charge on any atom is -0.495 e. The van der Waals surface area contributed by atoms with E-state index in [9.17, 15) is 4.39 Å². The first kappa shape index (κ1) is 12.8. The van der Waals surface area contributed by atoms with E-state index >= 15 is 0 Å². The normalized spacial score (nSPS) is 17.1. The Morgan fingerprint density at radius 2 is 2.12 bits per heavy atom. The molecule has 1 aromatic carbocycles. The van der Waals surface area contributed by atoms with Gasteiger partial charge >= 0.3 is 0 Å². The molecule has 0 unspecified atom stereocenters. The van der Waals surface area contributed by atoms with Crippen LogP contribution >= 0.6 is 15.9 Å². The smallest absolute Gasteiger partial charge is 0.144 e. The van der Waals surface area contributed by atoms with Crippen molar-refractivity contribution in [1.29, 1.82) is 0 Å². The van der Waals surface area contributed by atoms with Crippen LogP contribution in [0.5, 0.6) is 5.75 Å². The lowest BCUT2D eigenvalue weighted by atomic mass is 9.91. The summed E-state index contributed by atoms with van der Waals surface area (Å²) < 4.78 is 19.6. The Kier molecular flexibility index (Phi) is 4.40. The molecular weight excluding hydrogens is 285 g/mol. The molecule has 0 aliphatic carbocycles. The standard InChI is InChI=1S/C13H17BrFNO/c1-17-11-3-2-10(13(15)12(11)14)8-9-4-6-16-7-5-9/h2-3,9,16H,4-8H2,1H3. The van der Waals surface area contributed by atoms with Gasteiger partial charge < -0.3 is 10.1 Å². The molecule has 4 heteroatoms. The minimum absolute atomic E-state index is 0.178. The highest BCUT2D eigenvalue weighted by Crippen LogP contribution is 2.31. The van der Waals surface area contributed by atoms with Gasteiger partial charge in [0, 0.05) is 0 Å². The fourth-order valence-corrected chi connectivity index (χ4v) is 2.83. The van der Waals surface area contributed by atoms with Crippen molar-refractivity contribution in [2.24, 2.45) is 5.92 Å². The van der Waals surface area contributed by atoms with Gasteiger partial charge in [-0.3, -0.25) is 0 Å². The molecule has 0 radical (unpaired) electrons. The zero-order valence-corrected chi connectivity index (χ0v) is 11.5. The van der Waals surface area contributed by atoms with E-state index in [1.807, 2.05) is 12.1 Å². The topological polar surface area (TPSA) is 21.3 Å². The van der Waals surface area contributed by atoms with E-state index in [2.05, 4.69) is 21.2 Å². The SMILES string of the molecule is COc1ccc(CC2CCNCC2)c(F)c1Br. The predicted octanol–water partition coefficient (Wildman–Crippen LogP) is 3.14. The van der Waals surface area contributed by atoms with Crippen molar-refractivity contribution in [3.63, 3.8) is 0 Å². The second-order valence-electron chi connectivity index (χ2n) is 4.45. The minimum atomic E-state index is -0.178. The van der Waals surface area contributed by atoms with E-state index in [0.717, 1.165) is 37.9 Å². The number of hydrogen-bond acceptors (Lipinski definition) is 2. The molecule has 0 spiro atoms. The van der Waals surface area contributed by atoms with Gasteiger partial charge in [-0.1, -0.05) is 6.07 Å². The van der Waals surface area contributed by atoms with Crippen LogP contribution in [0.15, 0.2) is 16.6 Å². The van der Waals surface area contributed by atoms with Crippen LogP contribution in [0.4, 0.5) is 4.39 Å². The lowest BCUT2D eigenvalue weighted by molar-refractivity contribution is 0.366. The Morgan fingerprint density at radius 1 is 1.41 bits per heavy atom. The number of hydrogen-bond donors (Lipinski definition) is 1. The Hall–Kier alpha value is -0.610. The quantitative estimate of drug-likeness (QED) is 0.926. The lowest BCUT2D eigenvalue weighted by Crippen LogP contribution is -2.28. The number of nitrogens with one attached hydrogen (secondary N) is 1. The van der Waals surface area contributed by atoms with Crippen molar-refractivity contribution in [2.45, 2.75) is 19.3 Å². The van der Waals surface area contributed by atoms with Crippen LogP contribution in [0.2, 0.25) is 0 Å². The highest BCUT2D eigenvalue weighted by atomic mass is 79.9. The zero-order chi connectivity index (χ0) is 12.3. The molecule has 1 heterocycles. The summed E-state index contributed by atoms with van der Waals surface area (Å²) in [4.78, 5) is 0. The number of rotatable bonds is 3. The van der Waals surface area contributed by atoms with Gasteiger partial charge in [-0.2, -0.15) is 0 Å². The molecule has 0 bridgehead atoms. The fourth-order valence-electron chi connectivity index (χ4n) is 2.28. The third-order valence-electron chi connectivity index (χ3n) is 3.31. The second-order valence-corrected chi connectivity index (χ2v) is 5.25. The summed E-state index contributed by atoms with van der Waals surface area (Å²) in [7, 11) is 1.55. The number of piperidine rings is 1. The van der Waals surface area contributed by atoms with Gasteiger partial charge in [-0.05, 0) is 65.8 Å². The van der Waals surface area contributed by atoms with Crippen molar-refractivity contribution in [2.75, 3.05) is 20.2 Å². The summed E-state index contributed by atoms with van der Waals surface area (Å²) >= 11 is 3.24. The summed E-state index contributed by atoms with van der Waals surface area (Å²) in [5.74, 6) is 0.963. The van der Waals surface area contributed by atoms with Crippen LogP contribution in [-0.2, 0) is 6.42 Å². The monoisotopic (exact) mass is 301 g/mol. The highest BCUT2D eigenvalue weighted by molar-refractivity contribution is 9.10. The third-order valence-corrected chi connectivity index (χ3v) is 4.05. The first-order valence-corrected chi connectivity index (χ1v) is 6.73. The largest absolute Gasteiger partial charge is 0.495 e. The molecule has 0 saturated carbocycles. The summed E-state index contributed by atoms with van der Waals surface area (Å²) in [5.41, 5.74) is 0.782. The average Bonchev–Trinajstić information content (AvgIpc) is 2.37. The van der Waals surface area contributed by atoms with Gasteiger partial charge in [0.25, 0.3) is 0 Å². The van der Waals surface area contributed by atoms with Crippen molar-refractivity contribution in [1.82, 2.24) is 5.32 Å². The van der Waals surface area contributed by atoms with Gasteiger partial charge in [0.15, 0.2) is 0 Å². The van der Waals surface area contributed by atoms with Crippen molar-refractivity contribution < 1.29 is 9.13 Å². The second kappa shape index (κ2) is 5.83. The van der Waals surface area contributed by atoms with Gasteiger partial charge in [-0.15, -0.1) is 0 Å². The molecule has 0 amide bonds. The van der Waals surface area contributed by atoms with Crippen LogP contribution in [0.1, 0.15) is 18.4 Å². The van der Waals surface area contributed by atoms with Crippen molar-refractivity contribution >= 4 is 15.9 Å². The Bertz CT molecular complexity index is 391. The highest BCUT2D eigenvalue weighted by Gasteiger charge is 2.18. The first-order valence-electron chi connectivity index (χ1n) is 5.94.